The molecule has 0 radical (unpaired) electrons. The zero-order chi connectivity index (χ0) is 13.0. The molecule has 4 nitrogen and oxygen atoms in total. The number of hydrogen-bond acceptors (Lipinski definition) is 3. The lowest BCUT2D eigenvalue weighted by atomic mass is 10.1. The van der Waals surface area contributed by atoms with Crippen LogP contribution in [0, 0.1) is 0 Å². The summed E-state index contributed by atoms with van der Waals surface area (Å²) in [4.78, 5) is 4.24. The van der Waals surface area contributed by atoms with E-state index in [2.05, 4.69) is 11.9 Å². The molecule has 0 saturated heterocycles. The van der Waals surface area contributed by atoms with Gasteiger partial charge in [0, 0.05) is 18.8 Å². The standard InChI is InChI=1S/C14H18N2O2/c1-3-14-15-8-9-16(14)10-13(17)11-4-6-12(18-2)7-5-11/h4-9,13,17H,3,10H2,1-2H3. The molecule has 1 heterocycles. The maximum atomic E-state index is 10.2. The minimum absolute atomic E-state index is 0.523. The van der Waals surface area contributed by atoms with Crippen molar-refractivity contribution in [2.75, 3.05) is 7.11 Å². The topological polar surface area (TPSA) is 47.3 Å². The lowest BCUT2D eigenvalue weighted by Crippen LogP contribution is -2.10. The van der Waals surface area contributed by atoms with E-state index in [9.17, 15) is 5.11 Å². The van der Waals surface area contributed by atoms with Crippen molar-refractivity contribution < 1.29 is 9.84 Å². The monoisotopic (exact) mass is 246 g/mol. The number of nitrogens with zero attached hydrogens (tertiary/aromatic N) is 2. The van der Waals surface area contributed by atoms with Gasteiger partial charge in [-0.1, -0.05) is 19.1 Å². The van der Waals surface area contributed by atoms with E-state index in [-0.39, 0.29) is 0 Å². The molecule has 2 aromatic rings. The van der Waals surface area contributed by atoms with Crippen LogP contribution in [0.5, 0.6) is 5.75 Å². The number of aryl methyl sites for hydroxylation is 1. The first-order chi connectivity index (χ1) is 8.74. The molecule has 0 bridgehead atoms. The first-order valence-corrected chi connectivity index (χ1v) is 6.06. The van der Waals surface area contributed by atoms with Gasteiger partial charge in [-0.15, -0.1) is 0 Å². The molecule has 0 spiro atoms. The molecular weight excluding hydrogens is 228 g/mol. The minimum Gasteiger partial charge on any atom is -0.497 e. The highest BCUT2D eigenvalue weighted by Crippen LogP contribution is 2.19. The van der Waals surface area contributed by atoms with Crippen LogP contribution in [0.15, 0.2) is 36.7 Å². The molecule has 96 valence electrons. The number of hydrogen-bond donors (Lipinski definition) is 1. The number of aromatic nitrogens is 2. The van der Waals surface area contributed by atoms with Crippen LogP contribution < -0.4 is 4.74 Å². The third-order valence-corrected chi connectivity index (χ3v) is 2.99. The number of aliphatic hydroxyl groups is 1. The SMILES string of the molecule is CCc1nccn1CC(O)c1ccc(OC)cc1. The van der Waals surface area contributed by atoms with Crippen molar-refractivity contribution in [1.29, 1.82) is 0 Å². The van der Waals surface area contributed by atoms with Crippen LogP contribution in [0.25, 0.3) is 0 Å². The van der Waals surface area contributed by atoms with Gasteiger partial charge < -0.3 is 14.4 Å². The largest absolute Gasteiger partial charge is 0.497 e. The smallest absolute Gasteiger partial charge is 0.118 e. The van der Waals surface area contributed by atoms with Crippen molar-refractivity contribution in [3.05, 3.63) is 48.0 Å². The predicted molar refractivity (Wildman–Crippen MR) is 69.6 cm³/mol. The van der Waals surface area contributed by atoms with Crippen LogP contribution in [0.3, 0.4) is 0 Å². The fourth-order valence-corrected chi connectivity index (χ4v) is 1.94. The minimum atomic E-state index is -0.532. The summed E-state index contributed by atoms with van der Waals surface area (Å²) in [7, 11) is 1.63. The van der Waals surface area contributed by atoms with Gasteiger partial charge in [-0.05, 0) is 17.7 Å². The summed E-state index contributed by atoms with van der Waals surface area (Å²) in [5, 5.41) is 10.2. The van der Waals surface area contributed by atoms with E-state index in [1.165, 1.54) is 0 Å². The van der Waals surface area contributed by atoms with Crippen LogP contribution in [-0.2, 0) is 13.0 Å². The van der Waals surface area contributed by atoms with Crippen LogP contribution >= 0.6 is 0 Å². The van der Waals surface area contributed by atoms with Gasteiger partial charge in [0.25, 0.3) is 0 Å². The van der Waals surface area contributed by atoms with Gasteiger partial charge in [-0.3, -0.25) is 0 Å². The van der Waals surface area contributed by atoms with E-state index in [0.29, 0.717) is 6.54 Å². The molecule has 18 heavy (non-hydrogen) atoms. The summed E-state index contributed by atoms with van der Waals surface area (Å²) in [5.74, 6) is 1.78. The lowest BCUT2D eigenvalue weighted by molar-refractivity contribution is 0.155. The highest BCUT2D eigenvalue weighted by atomic mass is 16.5. The maximum absolute atomic E-state index is 10.2. The molecule has 0 fully saturated rings. The Balaban J connectivity index is 2.09. The summed E-state index contributed by atoms with van der Waals surface area (Å²) in [6.07, 6.45) is 3.99. The van der Waals surface area contributed by atoms with Gasteiger partial charge in [0.2, 0.25) is 0 Å². The zero-order valence-corrected chi connectivity index (χ0v) is 10.7. The highest BCUT2D eigenvalue weighted by molar-refractivity contribution is 5.28. The fourth-order valence-electron chi connectivity index (χ4n) is 1.94. The second-order valence-corrected chi connectivity index (χ2v) is 4.14. The Morgan fingerprint density at radius 3 is 2.67 bits per heavy atom. The van der Waals surface area contributed by atoms with Gasteiger partial charge in [0.15, 0.2) is 0 Å². The number of rotatable bonds is 5. The Morgan fingerprint density at radius 1 is 1.33 bits per heavy atom. The average molecular weight is 246 g/mol. The van der Waals surface area contributed by atoms with Crippen molar-refractivity contribution in [2.45, 2.75) is 26.0 Å². The van der Waals surface area contributed by atoms with Crippen molar-refractivity contribution in [3.8, 4) is 5.75 Å². The summed E-state index contributed by atoms with van der Waals surface area (Å²) >= 11 is 0. The van der Waals surface area contributed by atoms with Crippen molar-refractivity contribution in [2.24, 2.45) is 0 Å². The van der Waals surface area contributed by atoms with E-state index in [0.717, 1.165) is 23.6 Å². The molecule has 0 aliphatic carbocycles. The molecule has 1 unspecified atom stereocenters. The molecule has 4 heteroatoms. The Bertz CT molecular complexity index is 491. The number of aliphatic hydroxyl groups excluding tert-OH is 1. The summed E-state index contributed by atoms with van der Waals surface area (Å²) in [6, 6.07) is 7.47. The van der Waals surface area contributed by atoms with Crippen LogP contribution in [0.4, 0.5) is 0 Å². The highest BCUT2D eigenvalue weighted by Gasteiger charge is 2.10. The quantitative estimate of drug-likeness (QED) is 0.879. The third-order valence-electron chi connectivity index (χ3n) is 2.99. The van der Waals surface area contributed by atoms with E-state index in [1.807, 2.05) is 35.0 Å². The van der Waals surface area contributed by atoms with Crippen LogP contribution in [-0.4, -0.2) is 21.8 Å². The molecule has 0 amide bonds. The Morgan fingerprint density at radius 2 is 2.06 bits per heavy atom. The first-order valence-electron chi connectivity index (χ1n) is 6.06. The predicted octanol–water partition coefficient (Wildman–Crippen LogP) is 2.19. The molecule has 0 saturated carbocycles. The molecule has 1 N–H and O–H groups in total. The number of imidazole rings is 1. The fraction of sp³-hybridized carbons (Fsp3) is 0.357. The molecular formula is C14H18N2O2. The van der Waals surface area contributed by atoms with Crippen molar-refractivity contribution in [1.82, 2.24) is 9.55 Å². The van der Waals surface area contributed by atoms with E-state index in [4.69, 9.17) is 4.74 Å². The van der Waals surface area contributed by atoms with Gasteiger partial charge in [-0.2, -0.15) is 0 Å². The summed E-state index contributed by atoms with van der Waals surface area (Å²) < 4.78 is 7.08. The van der Waals surface area contributed by atoms with Gasteiger partial charge in [0.05, 0.1) is 19.8 Å². The number of methoxy groups -OCH3 is 1. The summed E-state index contributed by atoms with van der Waals surface area (Å²) in [6.45, 7) is 2.58. The first kappa shape index (κ1) is 12.6. The average Bonchev–Trinajstić information content (AvgIpc) is 2.86. The Labute approximate surface area is 107 Å². The molecule has 1 aromatic carbocycles. The van der Waals surface area contributed by atoms with Gasteiger partial charge in [-0.25, -0.2) is 4.98 Å². The third kappa shape index (κ3) is 2.71. The Kier molecular flexibility index (Phi) is 3.99. The van der Waals surface area contributed by atoms with E-state index >= 15 is 0 Å². The molecule has 1 aromatic heterocycles. The van der Waals surface area contributed by atoms with Gasteiger partial charge >= 0.3 is 0 Å². The molecule has 0 aliphatic rings. The second kappa shape index (κ2) is 5.69. The van der Waals surface area contributed by atoms with Gasteiger partial charge in [0.1, 0.15) is 11.6 Å². The zero-order valence-electron chi connectivity index (χ0n) is 10.7. The van der Waals surface area contributed by atoms with Crippen molar-refractivity contribution >= 4 is 0 Å². The molecule has 1 atom stereocenters. The summed E-state index contributed by atoms with van der Waals surface area (Å²) in [5.41, 5.74) is 0.881. The number of ether oxygens (including phenoxy) is 1. The molecule has 0 aliphatic heterocycles. The van der Waals surface area contributed by atoms with Crippen LogP contribution in [0.2, 0.25) is 0 Å². The lowest BCUT2D eigenvalue weighted by Gasteiger charge is -2.14. The maximum Gasteiger partial charge on any atom is 0.118 e. The van der Waals surface area contributed by atoms with E-state index < -0.39 is 6.10 Å². The molecule has 2 rings (SSSR count). The second-order valence-electron chi connectivity index (χ2n) is 4.14. The van der Waals surface area contributed by atoms with Crippen molar-refractivity contribution in [3.63, 3.8) is 0 Å². The van der Waals surface area contributed by atoms with E-state index in [1.54, 1.807) is 13.3 Å². The number of benzene rings is 1. The Hall–Kier alpha value is -1.81. The normalized spacial score (nSPS) is 12.4. The van der Waals surface area contributed by atoms with Crippen LogP contribution in [0.1, 0.15) is 24.4 Å².